The SMILES string of the molecule is C=CCCCOC(=O)[C@@H]1[C@H]2C(=O)N(CCCCCO)C(C(=O)N(CC=C)c3ccc(N(CC)CC)cc3)C23CC(C)[C@@]1(C)O3. The maximum absolute atomic E-state index is 14.8. The van der Waals surface area contributed by atoms with Gasteiger partial charge in [-0.1, -0.05) is 19.1 Å². The van der Waals surface area contributed by atoms with Gasteiger partial charge in [0.15, 0.2) is 0 Å². The number of ether oxygens (including phenoxy) is 2. The number of hydrogen-bond acceptors (Lipinski definition) is 7. The molecule has 44 heavy (non-hydrogen) atoms. The first kappa shape index (κ1) is 33.7. The van der Waals surface area contributed by atoms with Crippen molar-refractivity contribution in [2.45, 2.75) is 83.5 Å². The van der Waals surface area contributed by atoms with Gasteiger partial charge in [-0.15, -0.1) is 13.2 Å². The highest BCUT2D eigenvalue weighted by Crippen LogP contribution is 2.65. The molecule has 0 saturated carbocycles. The Morgan fingerprint density at radius 2 is 1.77 bits per heavy atom. The van der Waals surface area contributed by atoms with Crippen LogP contribution in [0, 0.1) is 17.8 Å². The fourth-order valence-electron chi connectivity index (χ4n) is 7.71. The summed E-state index contributed by atoms with van der Waals surface area (Å²) in [5, 5.41) is 9.34. The first-order valence-electron chi connectivity index (χ1n) is 16.3. The quantitative estimate of drug-likeness (QED) is 0.155. The third kappa shape index (κ3) is 5.93. The summed E-state index contributed by atoms with van der Waals surface area (Å²) >= 11 is 0. The monoisotopic (exact) mass is 609 g/mol. The zero-order chi connectivity index (χ0) is 32.1. The predicted octanol–water partition coefficient (Wildman–Crippen LogP) is 4.73. The maximum atomic E-state index is 14.8. The predicted molar refractivity (Wildman–Crippen MR) is 172 cm³/mol. The second-order valence-electron chi connectivity index (χ2n) is 12.5. The van der Waals surface area contributed by atoms with Crippen molar-refractivity contribution in [3.8, 4) is 0 Å². The number of allylic oxidation sites excluding steroid dienone is 1. The average Bonchev–Trinajstić information content (AvgIpc) is 3.53. The van der Waals surface area contributed by atoms with Gasteiger partial charge in [-0.2, -0.15) is 0 Å². The molecular formula is C35H51N3O6. The van der Waals surface area contributed by atoms with Crippen LogP contribution >= 0.6 is 0 Å². The van der Waals surface area contributed by atoms with E-state index >= 15 is 0 Å². The first-order valence-corrected chi connectivity index (χ1v) is 16.3. The molecule has 9 nitrogen and oxygen atoms in total. The Morgan fingerprint density at radius 3 is 2.39 bits per heavy atom. The van der Waals surface area contributed by atoms with Gasteiger partial charge in [0.25, 0.3) is 5.91 Å². The van der Waals surface area contributed by atoms with Gasteiger partial charge in [0.05, 0.1) is 18.1 Å². The minimum Gasteiger partial charge on any atom is -0.465 e. The molecular weight excluding hydrogens is 558 g/mol. The van der Waals surface area contributed by atoms with Gasteiger partial charge in [0.1, 0.15) is 17.6 Å². The summed E-state index contributed by atoms with van der Waals surface area (Å²) in [6.07, 6.45) is 7.29. The molecule has 4 rings (SSSR count). The average molecular weight is 610 g/mol. The lowest BCUT2D eigenvalue weighted by molar-refractivity contribution is -0.161. The third-order valence-corrected chi connectivity index (χ3v) is 10.0. The number of carbonyl (C=O) groups is 3. The van der Waals surface area contributed by atoms with Gasteiger partial charge in [-0.05, 0) is 89.5 Å². The highest BCUT2D eigenvalue weighted by Gasteiger charge is 2.80. The van der Waals surface area contributed by atoms with E-state index in [0.717, 1.165) is 25.2 Å². The molecule has 3 aliphatic rings. The number of carbonyl (C=O) groups excluding carboxylic acids is 3. The molecule has 3 saturated heterocycles. The highest BCUT2D eigenvalue weighted by atomic mass is 16.6. The molecule has 6 atom stereocenters. The number of amides is 2. The molecule has 2 bridgehead atoms. The molecule has 1 aromatic carbocycles. The van der Waals surface area contributed by atoms with E-state index in [9.17, 15) is 19.5 Å². The highest BCUT2D eigenvalue weighted by molar-refractivity contribution is 6.05. The molecule has 2 amide bonds. The summed E-state index contributed by atoms with van der Waals surface area (Å²) in [7, 11) is 0. The fraction of sp³-hybridized carbons (Fsp3) is 0.629. The Hall–Kier alpha value is -3.17. The number of rotatable bonds is 17. The molecule has 3 heterocycles. The topological polar surface area (TPSA) is 99.6 Å². The molecule has 0 aliphatic carbocycles. The lowest BCUT2D eigenvalue weighted by Crippen LogP contribution is -2.57. The molecule has 1 aromatic rings. The lowest BCUT2D eigenvalue weighted by atomic mass is 9.62. The van der Waals surface area contributed by atoms with Crippen LogP contribution in [0.15, 0.2) is 49.6 Å². The molecule has 0 radical (unpaired) electrons. The maximum Gasteiger partial charge on any atom is 0.312 e. The minimum atomic E-state index is -1.15. The van der Waals surface area contributed by atoms with E-state index in [0.29, 0.717) is 44.3 Å². The number of anilines is 2. The number of likely N-dealkylation sites (tertiary alicyclic amines) is 1. The number of hydrogen-bond donors (Lipinski definition) is 1. The number of benzene rings is 1. The van der Waals surface area contributed by atoms with Crippen molar-refractivity contribution in [3.63, 3.8) is 0 Å². The van der Waals surface area contributed by atoms with E-state index in [2.05, 4.69) is 31.9 Å². The minimum absolute atomic E-state index is 0.0666. The summed E-state index contributed by atoms with van der Waals surface area (Å²) in [5.74, 6) is -2.59. The zero-order valence-electron chi connectivity index (χ0n) is 27.0. The van der Waals surface area contributed by atoms with Crippen molar-refractivity contribution in [2.75, 3.05) is 49.2 Å². The molecule has 3 aliphatic heterocycles. The number of nitrogens with zero attached hydrogens (tertiary/aromatic N) is 3. The van der Waals surface area contributed by atoms with Crippen molar-refractivity contribution >= 4 is 29.2 Å². The van der Waals surface area contributed by atoms with E-state index in [4.69, 9.17) is 9.47 Å². The Balaban J connectivity index is 1.73. The summed E-state index contributed by atoms with van der Waals surface area (Å²) in [4.78, 5) is 48.4. The Kier molecular flexibility index (Phi) is 10.9. The molecule has 3 fully saturated rings. The van der Waals surface area contributed by atoms with Crippen LogP contribution in [0.5, 0.6) is 0 Å². The standard InChI is InChI=1S/C35H51N3O6/c1-7-11-15-23-43-33(42)29-28-31(40)38(21-13-12-14-22-39)30(35(28)24-25(5)34(29,6)44-35)32(41)37(20-8-2)27-18-16-26(17-19-27)36(9-3)10-4/h7-8,16-19,25,28-30,39H,1-2,9-15,20-24H2,3-6H3/t25?,28-,29-,30?,34+,35?/m0/s1. The van der Waals surface area contributed by atoms with Gasteiger partial charge in [0.2, 0.25) is 5.91 Å². The van der Waals surface area contributed by atoms with Gasteiger partial charge < -0.3 is 29.3 Å². The van der Waals surface area contributed by atoms with Crippen LogP contribution in [-0.2, 0) is 23.9 Å². The van der Waals surface area contributed by atoms with Gasteiger partial charge in [-0.25, -0.2) is 0 Å². The smallest absolute Gasteiger partial charge is 0.312 e. The van der Waals surface area contributed by atoms with E-state index in [-0.39, 0.29) is 37.5 Å². The molecule has 9 heteroatoms. The number of aliphatic hydroxyl groups is 1. The summed E-state index contributed by atoms with van der Waals surface area (Å²) in [5.41, 5.74) is -0.293. The summed E-state index contributed by atoms with van der Waals surface area (Å²) in [6.45, 7) is 18.4. The van der Waals surface area contributed by atoms with E-state index in [1.54, 1.807) is 22.0 Å². The van der Waals surface area contributed by atoms with Crippen LogP contribution in [0.1, 0.15) is 66.2 Å². The van der Waals surface area contributed by atoms with E-state index in [1.165, 1.54) is 0 Å². The second-order valence-corrected chi connectivity index (χ2v) is 12.5. The fourth-order valence-corrected chi connectivity index (χ4v) is 7.71. The van der Waals surface area contributed by atoms with E-state index in [1.807, 2.05) is 38.1 Å². The van der Waals surface area contributed by atoms with Crippen molar-refractivity contribution in [2.24, 2.45) is 17.8 Å². The van der Waals surface area contributed by atoms with Crippen LogP contribution in [0.3, 0.4) is 0 Å². The van der Waals surface area contributed by atoms with Gasteiger partial charge in [-0.3, -0.25) is 14.4 Å². The number of unbranched alkanes of at least 4 members (excludes halogenated alkanes) is 3. The summed E-state index contributed by atoms with van der Waals surface area (Å²) in [6, 6.07) is 7.00. The number of fused-ring (bicyclic) bond motifs is 1. The van der Waals surface area contributed by atoms with Crippen LogP contribution in [0.25, 0.3) is 0 Å². The third-order valence-electron chi connectivity index (χ3n) is 10.0. The van der Waals surface area contributed by atoms with Crippen molar-refractivity contribution in [1.82, 2.24) is 4.90 Å². The van der Waals surface area contributed by atoms with Crippen molar-refractivity contribution < 1.29 is 29.0 Å². The Labute approximate surface area is 262 Å². The Morgan fingerprint density at radius 1 is 1.09 bits per heavy atom. The van der Waals surface area contributed by atoms with Crippen molar-refractivity contribution in [3.05, 3.63) is 49.6 Å². The lowest BCUT2D eigenvalue weighted by Gasteiger charge is -2.37. The Bertz CT molecular complexity index is 1200. The zero-order valence-corrected chi connectivity index (χ0v) is 27.0. The molecule has 242 valence electrons. The number of esters is 1. The second kappa shape index (κ2) is 14.3. The van der Waals surface area contributed by atoms with Gasteiger partial charge >= 0.3 is 5.97 Å². The van der Waals surface area contributed by atoms with Crippen LogP contribution < -0.4 is 9.80 Å². The normalized spacial score (nSPS) is 28.6. The van der Waals surface area contributed by atoms with Crippen LogP contribution in [-0.4, -0.2) is 84.4 Å². The van der Waals surface area contributed by atoms with Crippen LogP contribution in [0.2, 0.25) is 0 Å². The molecule has 0 aromatic heterocycles. The number of aliphatic hydroxyl groups excluding tert-OH is 1. The van der Waals surface area contributed by atoms with Crippen LogP contribution in [0.4, 0.5) is 11.4 Å². The molecule has 1 spiro atoms. The molecule has 1 N–H and O–H groups in total. The van der Waals surface area contributed by atoms with Crippen molar-refractivity contribution in [1.29, 1.82) is 0 Å². The van der Waals surface area contributed by atoms with Gasteiger partial charge in [0, 0.05) is 44.2 Å². The molecule has 3 unspecified atom stereocenters. The summed E-state index contributed by atoms with van der Waals surface area (Å²) < 4.78 is 12.6. The largest absolute Gasteiger partial charge is 0.465 e. The van der Waals surface area contributed by atoms with E-state index < -0.39 is 35.0 Å². The first-order chi connectivity index (χ1) is 21.1.